The first-order chi connectivity index (χ1) is 11.2. The van der Waals surface area contributed by atoms with Crippen LogP contribution in [0.25, 0.3) is 0 Å². The fourth-order valence-corrected chi connectivity index (χ4v) is 3.16. The summed E-state index contributed by atoms with van der Waals surface area (Å²) in [6.07, 6.45) is -0.113. The molecule has 4 rings (SSSR count). The minimum atomic E-state index is -0.113. The number of nitrogens with one attached hydrogen (secondary N) is 1. The number of fused-ring (bicyclic) bond motifs is 1. The van der Waals surface area contributed by atoms with Crippen molar-refractivity contribution in [1.29, 1.82) is 0 Å². The highest BCUT2D eigenvalue weighted by Crippen LogP contribution is 2.40. The lowest BCUT2D eigenvalue weighted by Gasteiger charge is -2.31. The number of H-pyrrole nitrogens is 1. The van der Waals surface area contributed by atoms with Gasteiger partial charge in [-0.2, -0.15) is 5.10 Å². The van der Waals surface area contributed by atoms with E-state index in [9.17, 15) is 0 Å². The largest absolute Gasteiger partial charge is 0.454 e. The lowest BCUT2D eigenvalue weighted by Crippen LogP contribution is -2.38. The van der Waals surface area contributed by atoms with Gasteiger partial charge in [0.05, 0.1) is 11.6 Å². The summed E-state index contributed by atoms with van der Waals surface area (Å²) in [5, 5.41) is 7.64. The first-order valence-electron chi connectivity index (χ1n) is 7.50. The van der Waals surface area contributed by atoms with Gasteiger partial charge in [-0.1, -0.05) is 11.6 Å². The molecule has 0 unspecified atom stereocenters. The van der Waals surface area contributed by atoms with Crippen molar-refractivity contribution >= 4 is 11.6 Å². The molecule has 1 saturated heterocycles. The van der Waals surface area contributed by atoms with Crippen LogP contribution in [0.3, 0.4) is 0 Å². The molecule has 3 heterocycles. The van der Waals surface area contributed by atoms with Crippen molar-refractivity contribution in [3.63, 3.8) is 0 Å². The highest BCUT2D eigenvalue weighted by atomic mass is 35.5. The second-order valence-electron chi connectivity index (χ2n) is 5.68. The third-order valence-corrected chi connectivity index (χ3v) is 4.23. The van der Waals surface area contributed by atoms with Crippen molar-refractivity contribution < 1.29 is 14.2 Å². The van der Waals surface area contributed by atoms with Crippen molar-refractivity contribution in [1.82, 2.24) is 20.1 Å². The molecule has 0 amide bonds. The maximum absolute atomic E-state index is 6.25. The maximum atomic E-state index is 6.25. The molecular formula is C15H17ClN4O3. The van der Waals surface area contributed by atoms with Crippen molar-refractivity contribution in [3.05, 3.63) is 34.4 Å². The van der Waals surface area contributed by atoms with Crippen LogP contribution in [-0.2, 0) is 11.3 Å². The summed E-state index contributed by atoms with van der Waals surface area (Å²) in [7, 11) is 0. The number of nitrogens with zero attached hydrogens (tertiary/aromatic N) is 3. The molecule has 1 aromatic heterocycles. The van der Waals surface area contributed by atoms with Crippen molar-refractivity contribution in [3.8, 4) is 11.5 Å². The molecule has 0 bridgehead atoms. The van der Waals surface area contributed by atoms with E-state index in [0.29, 0.717) is 29.0 Å². The molecule has 0 saturated carbocycles. The molecule has 8 heteroatoms. The summed E-state index contributed by atoms with van der Waals surface area (Å²) < 4.78 is 16.6. The maximum Gasteiger partial charge on any atom is 0.231 e. The number of rotatable bonds is 3. The summed E-state index contributed by atoms with van der Waals surface area (Å²) in [6.45, 7) is 5.11. The normalized spacial score (nSPS) is 20.9. The molecule has 2 aliphatic heterocycles. The van der Waals surface area contributed by atoms with E-state index < -0.39 is 0 Å². The number of aromatic nitrogens is 3. The number of aromatic amines is 1. The molecule has 7 nitrogen and oxygen atoms in total. The van der Waals surface area contributed by atoms with E-state index in [1.54, 1.807) is 0 Å². The van der Waals surface area contributed by atoms with Crippen LogP contribution < -0.4 is 9.47 Å². The summed E-state index contributed by atoms with van der Waals surface area (Å²) in [5.41, 5.74) is 1.09. The molecule has 0 aliphatic carbocycles. The topological polar surface area (TPSA) is 72.5 Å². The molecule has 1 N–H and O–H groups in total. The Morgan fingerprint density at radius 2 is 2.30 bits per heavy atom. The van der Waals surface area contributed by atoms with Gasteiger partial charge in [-0.15, -0.1) is 0 Å². The van der Waals surface area contributed by atoms with Gasteiger partial charge in [0.2, 0.25) is 6.79 Å². The van der Waals surface area contributed by atoms with Crippen molar-refractivity contribution in [2.75, 3.05) is 26.5 Å². The Bertz CT molecular complexity index is 721. The van der Waals surface area contributed by atoms with Gasteiger partial charge in [-0.25, -0.2) is 4.98 Å². The van der Waals surface area contributed by atoms with Crippen LogP contribution in [0.15, 0.2) is 12.1 Å². The van der Waals surface area contributed by atoms with Gasteiger partial charge >= 0.3 is 0 Å². The standard InChI is InChI=1S/C15H17ClN4O3/c1-9-17-15(19-18-9)13-7-20(2-3-21-13)6-10-4-11(16)14-12(5-10)22-8-23-14/h4-5,13H,2-3,6-8H2,1H3,(H,17,18,19)/t13-/m0/s1. The number of morpholine rings is 1. The Morgan fingerprint density at radius 1 is 1.39 bits per heavy atom. The Hall–Kier alpha value is -1.83. The van der Waals surface area contributed by atoms with Crippen LogP contribution in [-0.4, -0.2) is 46.6 Å². The Morgan fingerprint density at radius 3 is 3.13 bits per heavy atom. The summed E-state index contributed by atoms with van der Waals surface area (Å²) >= 11 is 6.25. The van der Waals surface area contributed by atoms with E-state index in [-0.39, 0.29) is 12.9 Å². The average molecular weight is 337 g/mol. The first-order valence-corrected chi connectivity index (χ1v) is 7.88. The third-order valence-electron chi connectivity index (χ3n) is 3.95. The number of aryl methyl sites for hydroxylation is 1. The Balaban J connectivity index is 1.47. The SMILES string of the molecule is Cc1nc([C@@H]2CN(Cc3cc(Cl)c4c(c3)OCO4)CCO2)n[nH]1. The Labute approximate surface area is 138 Å². The third kappa shape index (κ3) is 2.99. The second-order valence-corrected chi connectivity index (χ2v) is 6.09. The van der Waals surface area contributed by atoms with Gasteiger partial charge in [0, 0.05) is 19.6 Å². The number of benzene rings is 1. The van der Waals surface area contributed by atoms with Crippen LogP contribution in [0.4, 0.5) is 0 Å². The highest BCUT2D eigenvalue weighted by molar-refractivity contribution is 6.32. The van der Waals surface area contributed by atoms with Crippen molar-refractivity contribution in [2.45, 2.75) is 19.6 Å². The predicted molar refractivity (Wildman–Crippen MR) is 82.7 cm³/mol. The zero-order chi connectivity index (χ0) is 15.8. The molecular weight excluding hydrogens is 320 g/mol. The molecule has 1 atom stereocenters. The molecule has 2 aliphatic rings. The fraction of sp³-hybridized carbons (Fsp3) is 0.467. The smallest absolute Gasteiger partial charge is 0.231 e. The van der Waals surface area contributed by atoms with Gasteiger partial charge in [0.15, 0.2) is 17.3 Å². The first kappa shape index (κ1) is 14.7. The lowest BCUT2D eigenvalue weighted by atomic mass is 10.1. The van der Waals surface area contributed by atoms with E-state index in [1.807, 2.05) is 19.1 Å². The minimum absolute atomic E-state index is 0.113. The molecule has 1 fully saturated rings. The summed E-state index contributed by atoms with van der Waals surface area (Å²) in [5.74, 6) is 2.84. The summed E-state index contributed by atoms with van der Waals surface area (Å²) in [4.78, 5) is 6.66. The van der Waals surface area contributed by atoms with Crippen LogP contribution >= 0.6 is 11.6 Å². The highest BCUT2D eigenvalue weighted by Gasteiger charge is 2.26. The van der Waals surface area contributed by atoms with Crippen LogP contribution in [0.1, 0.15) is 23.3 Å². The molecule has 1 aromatic carbocycles. The van der Waals surface area contributed by atoms with E-state index in [1.165, 1.54) is 0 Å². The van der Waals surface area contributed by atoms with E-state index >= 15 is 0 Å². The predicted octanol–water partition coefficient (Wildman–Crippen LogP) is 2.07. The van der Waals surface area contributed by atoms with Gasteiger partial charge in [-0.3, -0.25) is 10.00 Å². The lowest BCUT2D eigenvalue weighted by molar-refractivity contribution is -0.0370. The van der Waals surface area contributed by atoms with Gasteiger partial charge < -0.3 is 14.2 Å². The fourth-order valence-electron chi connectivity index (χ4n) is 2.88. The Kier molecular flexibility index (Phi) is 3.84. The number of halogens is 1. The number of ether oxygens (including phenoxy) is 3. The van der Waals surface area contributed by atoms with E-state index in [0.717, 1.165) is 31.0 Å². The zero-order valence-corrected chi connectivity index (χ0v) is 13.5. The number of hydrogen-bond acceptors (Lipinski definition) is 6. The minimum Gasteiger partial charge on any atom is -0.454 e. The molecule has 23 heavy (non-hydrogen) atoms. The second kappa shape index (κ2) is 5.99. The zero-order valence-electron chi connectivity index (χ0n) is 12.7. The van der Waals surface area contributed by atoms with E-state index in [4.69, 9.17) is 25.8 Å². The quantitative estimate of drug-likeness (QED) is 0.925. The van der Waals surface area contributed by atoms with Gasteiger partial charge in [0.1, 0.15) is 11.9 Å². The average Bonchev–Trinajstić information content (AvgIpc) is 3.16. The van der Waals surface area contributed by atoms with E-state index in [2.05, 4.69) is 20.1 Å². The monoisotopic (exact) mass is 336 g/mol. The van der Waals surface area contributed by atoms with Gasteiger partial charge in [0.25, 0.3) is 0 Å². The number of hydrogen-bond donors (Lipinski definition) is 1. The summed E-state index contributed by atoms with van der Waals surface area (Å²) in [6, 6.07) is 3.91. The molecule has 0 spiro atoms. The van der Waals surface area contributed by atoms with Crippen LogP contribution in [0.2, 0.25) is 5.02 Å². The van der Waals surface area contributed by atoms with Crippen LogP contribution in [0.5, 0.6) is 11.5 Å². The molecule has 122 valence electrons. The molecule has 2 aromatic rings. The van der Waals surface area contributed by atoms with Gasteiger partial charge in [-0.05, 0) is 24.6 Å². The molecule has 0 radical (unpaired) electrons. The van der Waals surface area contributed by atoms with Crippen molar-refractivity contribution in [2.24, 2.45) is 0 Å². The van der Waals surface area contributed by atoms with Crippen LogP contribution in [0, 0.1) is 6.92 Å².